The van der Waals surface area contributed by atoms with Crippen LogP contribution in [0.15, 0.2) is 0 Å². The van der Waals surface area contributed by atoms with Gasteiger partial charge in [0.15, 0.2) is 0 Å². The maximum Gasteiger partial charge on any atom is 0.0343 e. The van der Waals surface area contributed by atoms with Crippen LogP contribution in [-0.4, -0.2) is 41.4 Å². The third-order valence-electron chi connectivity index (χ3n) is 2.49. The second kappa shape index (κ2) is 1.87. The van der Waals surface area contributed by atoms with Crippen molar-refractivity contribution < 1.29 is 0 Å². The second-order valence-corrected chi connectivity index (χ2v) is 3.62. The average molecular weight is 144 g/mol. The topological polar surface area (TPSA) is 6.48 Å². The van der Waals surface area contributed by atoms with E-state index in [9.17, 15) is 0 Å². The Morgan fingerprint density at radius 3 is 2.44 bits per heavy atom. The van der Waals surface area contributed by atoms with Gasteiger partial charge >= 0.3 is 0 Å². The first-order valence-corrected chi connectivity index (χ1v) is 3.83. The SMILES string of the molecule is CN1CC2CC1CN2S. The predicted octanol–water partition coefficient (Wildman–Crippen LogP) is 0.219. The predicted molar refractivity (Wildman–Crippen MR) is 40.5 cm³/mol. The van der Waals surface area contributed by atoms with Crippen LogP contribution >= 0.6 is 12.8 Å². The number of hydrogen-bond acceptors (Lipinski definition) is 3. The number of rotatable bonds is 0. The molecule has 0 aromatic rings. The smallest absolute Gasteiger partial charge is 0.0343 e. The molecule has 0 spiro atoms. The maximum atomic E-state index is 4.35. The van der Waals surface area contributed by atoms with Crippen molar-refractivity contribution in [2.75, 3.05) is 20.1 Å². The zero-order valence-electron chi connectivity index (χ0n) is 5.62. The molecule has 2 atom stereocenters. The van der Waals surface area contributed by atoms with E-state index < -0.39 is 0 Å². The van der Waals surface area contributed by atoms with Crippen molar-refractivity contribution in [3.05, 3.63) is 0 Å². The van der Waals surface area contributed by atoms with Crippen LogP contribution in [0.5, 0.6) is 0 Å². The summed E-state index contributed by atoms with van der Waals surface area (Å²) in [5.74, 6) is 0. The van der Waals surface area contributed by atoms with E-state index in [0.717, 1.165) is 18.6 Å². The summed E-state index contributed by atoms with van der Waals surface area (Å²) in [5.41, 5.74) is 0. The summed E-state index contributed by atoms with van der Waals surface area (Å²) in [5, 5.41) is 0. The largest absolute Gasteiger partial charge is 0.300 e. The van der Waals surface area contributed by atoms with E-state index in [1.54, 1.807) is 0 Å². The Labute approximate surface area is 61.4 Å². The van der Waals surface area contributed by atoms with Crippen LogP contribution in [0.1, 0.15) is 6.42 Å². The number of fused-ring (bicyclic) bond motifs is 2. The van der Waals surface area contributed by atoms with Gasteiger partial charge < -0.3 is 4.90 Å². The molecule has 0 aliphatic carbocycles. The molecule has 0 N–H and O–H groups in total. The van der Waals surface area contributed by atoms with E-state index in [-0.39, 0.29) is 0 Å². The summed E-state index contributed by atoms with van der Waals surface area (Å²) in [6.07, 6.45) is 1.33. The van der Waals surface area contributed by atoms with Crippen molar-refractivity contribution in [2.24, 2.45) is 0 Å². The summed E-state index contributed by atoms with van der Waals surface area (Å²) in [6.45, 7) is 2.37. The highest BCUT2D eigenvalue weighted by atomic mass is 32.1. The van der Waals surface area contributed by atoms with E-state index in [0.29, 0.717) is 0 Å². The molecule has 2 bridgehead atoms. The minimum Gasteiger partial charge on any atom is -0.300 e. The average Bonchev–Trinajstić information content (AvgIpc) is 2.24. The molecule has 0 radical (unpaired) electrons. The zero-order valence-corrected chi connectivity index (χ0v) is 6.51. The standard InChI is InChI=1S/C6H12N2S/c1-7-3-6-2-5(7)4-8(6)9/h5-6,9H,2-4H2,1H3. The third-order valence-corrected chi connectivity index (χ3v) is 2.98. The molecule has 0 aromatic carbocycles. The van der Waals surface area contributed by atoms with Crippen molar-refractivity contribution >= 4 is 12.8 Å². The molecule has 9 heavy (non-hydrogen) atoms. The molecule has 2 saturated heterocycles. The van der Waals surface area contributed by atoms with Gasteiger partial charge in [0.25, 0.3) is 0 Å². The molecule has 2 aliphatic rings. The van der Waals surface area contributed by atoms with Crippen LogP contribution < -0.4 is 0 Å². The van der Waals surface area contributed by atoms with Gasteiger partial charge in [0, 0.05) is 25.2 Å². The quantitative estimate of drug-likeness (QED) is 0.486. The van der Waals surface area contributed by atoms with Crippen molar-refractivity contribution in [3.63, 3.8) is 0 Å². The Morgan fingerprint density at radius 1 is 1.33 bits per heavy atom. The van der Waals surface area contributed by atoms with Crippen LogP contribution in [0.25, 0.3) is 0 Å². The van der Waals surface area contributed by atoms with Gasteiger partial charge in [-0.3, -0.25) is 0 Å². The van der Waals surface area contributed by atoms with Crippen LogP contribution in [-0.2, 0) is 0 Å². The van der Waals surface area contributed by atoms with Gasteiger partial charge in [0.2, 0.25) is 0 Å². The molecule has 0 saturated carbocycles. The van der Waals surface area contributed by atoms with Gasteiger partial charge in [-0.1, -0.05) is 12.8 Å². The Hall–Kier alpha value is 0.270. The molecule has 2 nitrogen and oxygen atoms in total. The minimum absolute atomic E-state index is 0.739. The monoisotopic (exact) mass is 144 g/mol. The maximum absolute atomic E-state index is 4.35. The first kappa shape index (κ1) is 6.01. The van der Waals surface area contributed by atoms with Crippen LogP contribution in [0.2, 0.25) is 0 Å². The second-order valence-electron chi connectivity index (χ2n) is 3.10. The minimum atomic E-state index is 0.739. The number of hydrogen-bond donors (Lipinski definition) is 1. The van der Waals surface area contributed by atoms with Gasteiger partial charge in [-0.05, 0) is 13.5 Å². The number of thiol groups is 1. The highest BCUT2D eigenvalue weighted by molar-refractivity contribution is 7.77. The highest BCUT2D eigenvalue weighted by Gasteiger charge is 2.39. The lowest BCUT2D eigenvalue weighted by atomic mass is 10.2. The highest BCUT2D eigenvalue weighted by Crippen LogP contribution is 2.29. The Bertz CT molecular complexity index is 110. The lowest BCUT2D eigenvalue weighted by Crippen LogP contribution is -2.39. The van der Waals surface area contributed by atoms with Crippen LogP contribution in [0.3, 0.4) is 0 Å². The molecule has 2 rings (SSSR count). The van der Waals surface area contributed by atoms with E-state index in [4.69, 9.17) is 0 Å². The normalized spacial score (nSPS) is 44.7. The molecule has 3 heteroatoms. The van der Waals surface area contributed by atoms with E-state index in [1.807, 2.05) is 0 Å². The van der Waals surface area contributed by atoms with Gasteiger partial charge in [-0.2, -0.15) is 0 Å². The Morgan fingerprint density at radius 2 is 2.11 bits per heavy atom. The fraction of sp³-hybridized carbons (Fsp3) is 1.00. The lowest BCUT2D eigenvalue weighted by molar-refractivity contribution is 0.228. The zero-order chi connectivity index (χ0) is 6.43. The lowest BCUT2D eigenvalue weighted by Gasteiger charge is -2.27. The molecule has 2 heterocycles. The summed E-state index contributed by atoms with van der Waals surface area (Å²) in [7, 11) is 2.20. The molecule has 2 unspecified atom stereocenters. The van der Waals surface area contributed by atoms with Crippen LogP contribution in [0, 0.1) is 0 Å². The summed E-state index contributed by atoms with van der Waals surface area (Å²) in [6, 6.07) is 1.54. The van der Waals surface area contributed by atoms with Crippen molar-refractivity contribution in [1.82, 2.24) is 9.21 Å². The molecule has 2 aliphatic heterocycles. The Kier molecular flexibility index (Phi) is 1.25. The van der Waals surface area contributed by atoms with Gasteiger partial charge in [-0.25, -0.2) is 4.31 Å². The van der Waals surface area contributed by atoms with E-state index >= 15 is 0 Å². The first-order chi connectivity index (χ1) is 4.27. The molecule has 0 aromatic heterocycles. The third kappa shape index (κ3) is 0.791. The number of likely N-dealkylation sites (N-methyl/N-ethyl adjacent to an activating group) is 1. The van der Waals surface area contributed by atoms with Gasteiger partial charge in [0.1, 0.15) is 0 Å². The molecule has 0 amide bonds. The molecular weight excluding hydrogens is 132 g/mol. The molecular formula is C6H12N2S. The molecule has 52 valence electrons. The van der Waals surface area contributed by atoms with E-state index in [1.165, 1.54) is 13.0 Å². The van der Waals surface area contributed by atoms with E-state index in [2.05, 4.69) is 29.1 Å². The summed E-state index contributed by atoms with van der Waals surface area (Å²) in [4.78, 5) is 2.43. The van der Waals surface area contributed by atoms with Gasteiger partial charge in [-0.15, -0.1) is 0 Å². The summed E-state index contributed by atoms with van der Waals surface area (Å²) >= 11 is 4.35. The van der Waals surface area contributed by atoms with Crippen molar-refractivity contribution in [1.29, 1.82) is 0 Å². The van der Waals surface area contributed by atoms with Gasteiger partial charge in [0.05, 0.1) is 0 Å². The number of likely N-dealkylation sites (tertiary alicyclic amines) is 1. The summed E-state index contributed by atoms with van der Waals surface area (Å²) < 4.78 is 2.17. The van der Waals surface area contributed by atoms with Crippen molar-refractivity contribution in [2.45, 2.75) is 18.5 Å². The van der Waals surface area contributed by atoms with Crippen molar-refractivity contribution in [3.8, 4) is 0 Å². The molecule has 2 fully saturated rings. The number of nitrogens with zero attached hydrogens (tertiary/aromatic N) is 2. The first-order valence-electron chi connectivity index (χ1n) is 3.43. The van der Waals surface area contributed by atoms with Crippen LogP contribution in [0.4, 0.5) is 0 Å². The fourth-order valence-electron chi connectivity index (χ4n) is 1.84. The fourth-order valence-corrected chi connectivity index (χ4v) is 2.20. The number of piperazine rings is 1. The Balaban J connectivity index is 2.10.